The van der Waals surface area contributed by atoms with E-state index in [0.29, 0.717) is 16.9 Å². The van der Waals surface area contributed by atoms with Crippen LogP contribution >= 0.6 is 0 Å². The van der Waals surface area contributed by atoms with Gasteiger partial charge in [0.25, 0.3) is 0 Å². The van der Waals surface area contributed by atoms with E-state index in [0.717, 1.165) is 6.20 Å². The van der Waals surface area contributed by atoms with Crippen LogP contribution in [-0.2, 0) is 0 Å². The van der Waals surface area contributed by atoms with E-state index < -0.39 is 40.6 Å². The highest BCUT2D eigenvalue weighted by molar-refractivity contribution is 5.70. The van der Waals surface area contributed by atoms with Gasteiger partial charge in [0.1, 0.15) is 23.1 Å². The largest absolute Gasteiger partial charge is 0.427 e. The van der Waals surface area contributed by atoms with E-state index in [2.05, 4.69) is 15.0 Å². The zero-order chi connectivity index (χ0) is 20.8. The number of hydrogen-bond donors (Lipinski definition) is 1. The van der Waals surface area contributed by atoms with Crippen LogP contribution in [0.5, 0.6) is 0 Å². The first-order valence-corrected chi connectivity index (χ1v) is 8.45. The zero-order valence-electron chi connectivity index (χ0n) is 15.6. The maximum absolute atomic E-state index is 14.9. The molecule has 0 saturated carbocycles. The van der Waals surface area contributed by atoms with E-state index in [1.165, 1.54) is 6.20 Å². The molecule has 1 aromatic rings. The van der Waals surface area contributed by atoms with Crippen molar-refractivity contribution in [3.63, 3.8) is 0 Å². The van der Waals surface area contributed by atoms with Crippen LogP contribution in [0.3, 0.4) is 0 Å². The van der Waals surface area contributed by atoms with E-state index in [9.17, 15) is 22.8 Å². The van der Waals surface area contributed by atoms with Gasteiger partial charge < -0.3 is 5.21 Å². The van der Waals surface area contributed by atoms with Crippen molar-refractivity contribution in [1.82, 2.24) is 14.7 Å². The van der Waals surface area contributed by atoms with E-state index in [4.69, 9.17) is 0 Å². The van der Waals surface area contributed by atoms with Gasteiger partial charge in [0.2, 0.25) is 5.95 Å². The van der Waals surface area contributed by atoms with Gasteiger partial charge in [-0.05, 0) is 12.3 Å². The Hall–Kier alpha value is -2.97. The second-order valence-electron chi connectivity index (χ2n) is 7.49. The van der Waals surface area contributed by atoms with E-state index >= 15 is 0 Å². The summed E-state index contributed by atoms with van der Waals surface area (Å²) in [6, 6.07) is 0.477. The molecule has 1 N–H and O–H groups in total. The third-order valence-corrected chi connectivity index (χ3v) is 4.54. The summed E-state index contributed by atoms with van der Waals surface area (Å²) in [7, 11) is 0. The fourth-order valence-electron chi connectivity index (χ4n) is 2.56. The Balaban J connectivity index is 2.51. The first kappa shape index (κ1) is 19.8. The summed E-state index contributed by atoms with van der Waals surface area (Å²) >= 11 is 0. The Morgan fingerprint density at radius 3 is 2.25 bits per heavy atom. The molecule has 28 heavy (non-hydrogen) atoms. The molecule has 5 nitrogen and oxygen atoms in total. The van der Waals surface area contributed by atoms with Gasteiger partial charge in [0, 0.05) is 18.3 Å². The molecule has 0 spiro atoms. The lowest BCUT2D eigenvalue weighted by molar-refractivity contribution is 0.184. The van der Waals surface area contributed by atoms with E-state index in [1.54, 1.807) is 6.92 Å². The molecule has 0 bridgehead atoms. The highest BCUT2D eigenvalue weighted by Gasteiger charge is 2.27. The fraction of sp³-hybridized carbons (Fsp3) is 0.316. The molecule has 148 valence electrons. The standard InChI is InChI=1S/C19H18F4N4O/c1-9(19(2,3)4)25-15-14(13-11(21)7-10(20)8-12(13)22)17(23)26-18-16(15)24-5-6-27(18)28/h5-9,28H,1-4H3/t9-/m1/s1. The summed E-state index contributed by atoms with van der Waals surface area (Å²) in [5.74, 6) is -5.28. The van der Waals surface area contributed by atoms with Crippen LogP contribution in [-0.4, -0.2) is 25.9 Å². The van der Waals surface area contributed by atoms with Gasteiger partial charge in [0.05, 0.1) is 28.7 Å². The van der Waals surface area contributed by atoms with Crippen molar-refractivity contribution in [2.45, 2.75) is 33.7 Å². The molecular formula is C19H18F4N4O. The minimum Gasteiger partial charge on any atom is -0.427 e. The Bertz CT molecular complexity index is 1070. The van der Waals surface area contributed by atoms with Crippen LogP contribution in [0.4, 0.5) is 17.6 Å². The number of fused-ring (bicyclic) bond motifs is 1. The maximum atomic E-state index is 14.9. The molecule has 2 heterocycles. The van der Waals surface area contributed by atoms with Gasteiger partial charge in [-0.2, -0.15) is 14.1 Å². The molecule has 0 fully saturated rings. The first-order chi connectivity index (χ1) is 13.0. The highest BCUT2D eigenvalue weighted by atomic mass is 19.1. The second-order valence-corrected chi connectivity index (χ2v) is 7.49. The average Bonchev–Trinajstić information content (AvgIpc) is 2.56. The molecule has 0 unspecified atom stereocenters. The Morgan fingerprint density at radius 1 is 1.07 bits per heavy atom. The van der Waals surface area contributed by atoms with Gasteiger partial charge in [-0.1, -0.05) is 20.8 Å². The average molecular weight is 394 g/mol. The predicted octanol–water partition coefficient (Wildman–Crippen LogP) is 4.18. The SMILES string of the molecule is C[C@@H](N=c1c2nccn(O)c-2nc(F)c1-c1c(F)cc(F)cc1F)C(C)(C)C. The molecule has 0 amide bonds. The second kappa shape index (κ2) is 6.88. The minimum atomic E-state index is -1.30. The number of pyridine rings is 1. The summed E-state index contributed by atoms with van der Waals surface area (Å²) in [5, 5.41) is 9.75. The van der Waals surface area contributed by atoms with Gasteiger partial charge >= 0.3 is 0 Å². The van der Waals surface area contributed by atoms with Crippen LogP contribution in [0.2, 0.25) is 0 Å². The maximum Gasteiger partial charge on any atom is 0.225 e. The fourth-order valence-corrected chi connectivity index (χ4v) is 2.56. The summed E-state index contributed by atoms with van der Waals surface area (Å²) in [5.41, 5.74) is -1.81. The highest BCUT2D eigenvalue weighted by Crippen LogP contribution is 2.29. The van der Waals surface area contributed by atoms with Crippen molar-refractivity contribution >= 4 is 0 Å². The third kappa shape index (κ3) is 3.44. The molecule has 0 aliphatic carbocycles. The normalized spacial score (nSPS) is 13.9. The van der Waals surface area contributed by atoms with E-state index in [-0.39, 0.29) is 22.3 Å². The smallest absolute Gasteiger partial charge is 0.225 e. The topological polar surface area (TPSA) is 63.3 Å². The lowest BCUT2D eigenvalue weighted by Crippen LogP contribution is -2.28. The molecule has 9 heteroatoms. The molecule has 1 aromatic carbocycles. The molecular weight excluding hydrogens is 376 g/mol. The van der Waals surface area contributed by atoms with Crippen LogP contribution in [0.1, 0.15) is 27.7 Å². The van der Waals surface area contributed by atoms with Crippen molar-refractivity contribution in [2.24, 2.45) is 10.4 Å². The predicted molar refractivity (Wildman–Crippen MR) is 93.6 cm³/mol. The zero-order valence-corrected chi connectivity index (χ0v) is 15.6. The molecule has 1 atom stereocenters. The van der Waals surface area contributed by atoms with Gasteiger partial charge in [-0.25, -0.2) is 18.2 Å². The van der Waals surface area contributed by atoms with Crippen LogP contribution in [0.25, 0.3) is 22.6 Å². The number of aromatic nitrogens is 3. The van der Waals surface area contributed by atoms with Crippen molar-refractivity contribution < 1.29 is 22.8 Å². The number of halogens is 4. The number of hydrogen-bond acceptors (Lipinski definition) is 4. The van der Waals surface area contributed by atoms with Crippen molar-refractivity contribution in [3.05, 3.63) is 53.3 Å². The lowest BCUT2D eigenvalue weighted by atomic mass is 9.88. The quantitative estimate of drug-likeness (QED) is 0.403. The van der Waals surface area contributed by atoms with Crippen LogP contribution in [0, 0.1) is 28.8 Å². The number of rotatable bonds is 2. The van der Waals surface area contributed by atoms with E-state index in [1.807, 2.05) is 20.8 Å². The van der Waals surface area contributed by atoms with Crippen molar-refractivity contribution in [1.29, 1.82) is 0 Å². The molecule has 0 saturated heterocycles. The monoisotopic (exact) mass is 394 g/mol. The van der Waals surface area contributed by atoms with Crippen molar-refractivity contribution in [2.75, 3.05) is 0 Å². The third-order valence-electron chi connectivity index (χ3n) is 4.54. The summed E-state index contributed by atoms with van der Waals surface area (Å²) in [4.78, 5) is 12.1. The van der Waals surface area contributed by atoms with Crippen LogP contribution in [0.15, 0.2) is 29.5 Å². The minimum absolute atomic E-state index is 0.0550. The molecule has 0 radical (unpaired) electrons. The summed E-state index contributed by atoms with van der Waals surface area (Å²) in [6.45, 7) is 7.42. The Morgan fingerprint density at radius 2 is 1.68 bits per heavy atom. The molecule has 0 aromatic heterocycles. The Labute approximate surface area is 158 Å². The van der Waals surface area contributed by atoms with Crippen molar-refractivity contribution in [3.8, 4) is 22.6 Å². The molecule has 3 rings (SSSR count). The summed E-state index contributed by atoms with van der Waals surface area (Å²) < 4.78 is 57.6. The molecule has 2 aliphatic heterocycles. The van der Waals surface area contributed by atoms with Gasteiger partial charge in [-0.3, -0.25) is 4.99 Å². The molecule has 2 aliphatic rings. The summed E-state index contributed by atoms with van der Waals surface area (Å²) in [6.07, 6.45) is 2.34. The van der Waals surface area contributed by atoms with Gasteiger partial charge in [0.15, 0.2) is 5.82 Å². The Kier molecular flexibility index (Phi) is 4.86. The first-order valence-electron chi connectivity index (χ1n) is 8.45. The van der Waals surface area contributed by atoms with Crippen LogP contribution < -0.4 is 5.36 Å². The number of benzene rings is 1. The van der Waals surface area contributed by atoms with Gasteiger partial charge in [-0.15, -0.1) is 0 Å². The number of nitrogens with zero attached hydrogens (tertiary/aromatic N) is 4. The lowest BCUT2D eigenvalue weighted by Gasteiger charge is -2.24.